The van der Waals surface area contributed by atoms with Crippen molar-refractivity contribution < 1.29 is 4.74 Å². The molecular weight excluding hydrogens is 294 g/mol. The van der Waals surface area contributed by atoms with Crippen molar-refractivity contribution in [1.29, 1.82) is 0 Å². The second-order valence-corrected chi connectivity index (χ2v) is 4.76. The molecule has 2 rings (SSSR count). The topological polar surface area (TPSA) is 47.0 Å². The first-order valence-corrected chi connectivity index (χ1v) is 6.37. The summed E-state index contributed by atoms with van der Waals surface area (Å²) in [5.41, 5.74) is 1.16. The van der Waals surface area contributed by atoms with E-state index < -0.39 is 0 Å². The average molecular weight is 308 g/mol. The Morgan fingerprint density at radius 1 is 1.33 bits per heavy atom. The zero-order valence-corrected chi connectivity index (χ0v) is 11.8. The summed E-state index contributed by atoms with van der Waals surface area (Å²) >= 11 is 3.46. The number of rotatable bonds is 4. The van der Waals surface area contributed by atoms with Crippen LogP contribution in [0.4, 0.5) is 5.95 Å². The molecular formula is C13H14BrN3O. The molecule has 0 unspecified atom stereocenters. The van der Waals surface area contributed by atoms with Gasteiger partial charge in [-0.2, -0.15) is 4.98 Å². The molecule has 1 aromatic carbocycles. The lowest BCUT2D eigenvalue weighted by molar-refractivity contribution is 0.397. The molecule has 0 saturated carbocycles. The monoisotopic (exact) mass is 307 g/mol. The van der Waals surface area contributed by atoms with Crippen molar-refractivity contribution in [2.75, 3.05) is 12.4 Å². The van der Waals surface area contributed by atoms with Gasteiger partial charge in [0, 0.05) is 16.7 Å². The number of halogens is 1. The van der Waals surface area contributed by atoms with E-state index in [4.69, 9.17) is 4.74 Å². The van der Waals surface area contributed by atoms with Crippen LogP contribution in [0, 0.1) is 0 Å². The maximum Gasteiger partial charge on any atom is 0.226 e. The zero-order valence-electron chi connectivity index (χ0n) is 10.2. The fraction of sp³-hybridized carbons (Fsp3) is 0.231. The van der Waals surface area contributed by atoms with E-state index in [0.717, 1.165) is 10.0 Å². The second-order valence-electron chi connectivity index (χ2n) is 3.84. The van der Waals surface area contributed by atoms with Crippen LogP contribution in [0.2, 0.25) is 0 Å². The molecule has 0 amide bonds. The Labute approximate surface area is 115 Å². The third-order valence-electron chi connectivity index (χ3n) is 2.53. The number of aromatic nitrogens is 2. The second kappa shape index (κ2) is 5.82. The molecule has 1 aromatic heterocycles. The SMILES string of the molecule is COc1ccnc(N[C@@H](C)c2cccc(Br)c2)n1. The Hall–Kier alpha value is -1.62. The summed E-state index contributed by atoms with van der Waals surface area (Å²) in [6.45, 7) is 2.06. The Morgan fingerprint density at radius 2 is 2.17 bits per heavy atom. The maximum atomic E-state index is 5.06. The number of ether oxygens (including phenoxy) is 1. The molecule has 0 bridgehead atoms. The van der Waals surface area contributed by atoms with E-state index in [1.54, 1.807) is 19.4 Å². The van der Waals surface area contributed by atoms with E-state index >= 15 is 0 Å². The smallest absolute Gasteiger partial charge is 0.226 e. The third-order valence-corrected chi connectivity index (χ3v) is 3.03. The van der Waals surface area contributed by atoms with Crippen LogP contribution in [0.15, 0.2) is 41.0 Å². The number of hydrogen-bond acceptors (Lipinski definition) is 4. The van der Waals surface area contributed by atoms with Gasteiger partial charge in [-0.1, -0.05) is 28.1 Å². The highest BCUT2D eigenvalue weighted by Crippen LogP contribution is 2.21. The number of benzene rings is 1. The Kier molecular flexibility index (Phi) is 4.15. The summed E-state index contributed by atoms with van der Waals surface area (Å²) in [6.07, 6.45) is 1.67. The first kappa shape index (κ1) is 12.8. The highest BCUT2D eigenvalue weighted by molar-refractivity contribution is 9.10. The summed E-state index contributed by atoms with van der Waals surface area (Å²) in [4.78, 5) is 8.38. The van der Waals surface area contributed by atoms with Crippen molar-refractivity contribution >= 4 is 21.9 Å². The quantitative estimate of drug-likeness (QED) is 0.940. The normalized spacial score (nSPS) is 11.9. The molecule has 4 nitrogen and oxygen atoms in total. The standard InChI is InChI=1S/C13H14BrN3O/c1-9(10-4-3-5-11(14)8-10)16-13-15-7-6-12(17-13)18-2/h3-9H,1-2H3,(H,15,16,17)/t9-/m0/s1. The number of nitrogens with one attached hydrogen (secondary N) is 1. The first-order valence-electron chi connectivity index (χ1n) is 5.58. The van der Waals surface area contributed by atoms with Crippen LogP contribution in [-0.2, 0) is 0 Å². The van der Waals surface area contributed by atoms with Gasteiger partial charge in [-0.05, 0) is 24.6 Å². The minimum absolute atomic E-state index is 0.120. The van der Waals surface area contributed by atoms with E-state index in [2.05, 4.69) is 50.3 Å². The highest BCUT2D eigenvalue weighted by atomic mass is 79.9. The van der Waals surface area contributed by atoms with Gasteiger partial charge in [-0.25, -0.2) is 4.98 Å². The van der Waals surface area contributed by atoms with Gasteiger partial charge in [0.05, 0.1) is 13.2 Å². The molecule has 0 spiro atoms. The molecule has 2 aromatic rings. The summed E-state index contributed by atoms with van der Waals surface area (Å²) in [6, 6.07) is 9.96. The predicted molar refractivity (Wildman–Crippen MR) is 74.8 cm³/mol. The number of hydrogen-bond donors (Lipinski definition) is 1. The fourth-order valence-electron chi connectivity index (χ4n) is 1.58. The van der Waals surface area contributed by atoms with Gasteiger partial charge in [-0.15, -0.1) is 0 Å². The van der Waals surface area contributed by atoms with Crippen LogP contribution in [0.3, 0.4) is 0 Å². The van der Waals surface area contributed by atoms with Crippen LogP contribution in [0.1, 0.15) is 18.5 Å². The lowest BCUT2D eigenvalue weighted by Gasteiger charge is -2.14. The average Bonchev–Trinajstić information content (AvgIpc) is 2.39. The Balaban J connectivity index is 2.13. The number of methoxy groups -OCH3 is 1. The highest BCUT2D eigenvalue weighted by Gasteiger charge is 2.07. The minimum atomic E-state index is 0.120. The van der Waals surface area contributed by atoms with Gasteiger partial charge in [0.25, 0.3) is 0 Å². The van der Waals surface area contributed by atoms with E-state index in [1.807, 2.05) is 12.1 Å². The van der Waals surface area contributed by atoms with E-state index in [9.17, 15) is 0 Å². The van der Waals surface area contributed by atoms with E-state index in [0.29, 0.717) is 11.8 Å². The predicted octanol–water partition coefficient (Wildman–Crippen LogP) is 3.42. The summed E-state index contributed by atoms with van der Waals surface area (Å²) in [5.74, 6) is 1.11. The summed E-state index contributed by atoms with van der Waals surface area (Å²) in [5, 5.41) is 3.24. The molecule has 0 fully saturated rings. The fourth-order valence-corrected chi connectivity index (χ4v) is 2.00. The van der Waals surface area contributed by atoms with Crippen molar-refractivity contribution in [3.05, 3.63) is 46.6 Å². The first-order chi connectivity index (χ1) is 8.69. The molecule has 18 heavy (non-hydrogen) atoms. The van der Waals surface area contributed by atoms with Crippen molar-refractivity contribution in [2.45, 2.75) is 13.0 Å². The van der Waals surface area contributed by atoms with Gasteiger partial charge in [0.15, 0.2) is 0 Å². The maximum absolute atomic E-state index is 5.06. The summed E-state index contributed by atoms with van der Waals surface area (Å²) < 4.78 is 6.12. The number of anilines is 1. The van der Waals surface area contributed by atoms with Gasteiger partial charge >= 0.3 is 0 Å². The molecule has 94 valence electrons. The van der Waals surface area contributed by atoms with Gasteiger partial charge in [-0.3, -0.25) is 0 Å². The zero-order chi connectivity index (χ0) is 13.0. The van der Waals surface area contributed by atoms with Crippen LogP contribution in [-0.4, -0.2) is 17.1 Å². The Morgan fingerprint density at radius 3 is 2.89 bits per heavy atom. The minimum Gasteiger partial charge on any atom is -0.481 e. The van der Waals surface area contributed by atoms with Gasteiger partial charge < -0.3 is 10.1 Å². The van der Waals surface area contributed by atoms with Crippen LogP contribution >= 0.6 is 15.9 Å². The molecule has 5 heteroatoms. The molecule has 0 radical (unpaired) electrons. The lowest BCUT2D eigenvalue weighted by Crippen LogP contribution is -2.09. The molecule has 0 saturated heterocycles. The van der Waals surface area contributed by atoms with E-state index in [-0.39, 0.29) is 6.04 Å². The van der Waals surface area contributed by atoms with Gasteiger partial charge in [0.2, 0.25) is 11.8 Å². The molecule has 1 atom stereocenters. The largest absolute Gasteiger partial charge is 0.481 e. The third kappa shape index (κ3) is 3.20. The number of nitrogens with zero attached hydrogens (tertiary/aromatic N) is 2. The van der Waals surface area contributed by atoms with Crippen LogP contribution < -0.4 is 10.1 Å². The van der Waals surface area contributed by atoms with E-state index in [1.165, 1.54) is 0 Å². The van der Waals surface area contributed by atoms with Crippen LogP contribution in [0.5, 0.6) is 5.88 Å². The van der Waals surface area contributed by atoms with Gasteiger partial charge in [0.1, 0.15) is 0 Å². The molecule has 0 aliphatic carbocycles. The van der Waals surface area contributed by atoms with Crippen molar-refractivity contribution in [2.24, 2.45) is 0 Å². The summed E-state index contributed by atoms with van der Waals surface area (Å²) in [7, 11) is 1.59. The Bertz CT molecular complexity index is 533. The molecule has 0 aliphatic rings. The molecule has 0 aliphatic heterocycles. The van der Waals surface area contributed by atoms with Crippen molar-refractivity contribution in [3.63, 3.8) is 0 Å². The molecule has 1 heterocycles. The lowest BCUT2D eigenvalue weighted by atomic mass is 10.1. The van der Waals surface area contributed by atoms with Crippen LogP contribution in [0.25, 0.3) is 0 Å². The van der Waals surface area contributed by atoms with Crippen molar-refractivity contribution in [1.82, 2.24) is 9.97 Å². The van der Waals surface area contributed by atoms with Crippen molar-refractivity contribution in [3.8, 4) is 5.88 Å². The molecule has 1 N–H and O–H groups in total.